The van der Waals surface area contributed by atoms with Gasteiger partial charge in [-0.1, -0.05) is 18.2 Å². The molecular weight excluding hydrogens is 290 g/mol. The number of para-hydroxylation sites is 1. The van der Waals surface area contributed by atoms with Crippen molar-refractivity contribution in [2.24, 2.45) is 0 Å². The second-order valence-electron chi connectivity index (χ2n) is 5.50. The molecule has 4 rings (SSSR count). The summed E-state index contributed by atoms with van der Waals surface area (Å²) in [6.45, 7) is 1.80. The zero-order valence-electron chi connectivity index (χ0n) is 12.6. The number of oxazole rings is 1. The van der Waals surface area contributed by atoms with E-state index in [1.807, 2.05) is 48.7 Å². The van der Waals surface area contributed by atoms with Gasteiger partial charge in [-0.25, -0.2) is 4.98 Å². The van der Waals surface area contributed by atoms with Crippen LogP contribution in [-0.2, 0) is 11.2 Å². The number of anilines is 1. The first-order valence-corrected chi connectivity index (χ1v) is 7.41. The fourth-order valence-electron chi connectivity index (χ4n) is 2.78. The SMILES string of the molecule is Cc1nc2cc(NC(=O)Cc3c[nH]c4ccccc34)ccc2o1. The first-order valence-electron chi connectivity index (χ1n) is 7.41. The largest absolute Gasteiger partial charge is 0.441 e. The summed E-state index contributed by atoms with van der Waals surface area (Å²) >= 11 is 0. The van der Waals surface area contributed by atoms with Gasteiger partial charge in [0.2, 0.25) is 5.91 Å². The lowest BCUT2D eigenvalue weighted by Crippen LogP contribution is -2.14. The van der Waals surface area contributed by atoms with Gasteiger partial charge < -0.3 is 14.7 Å². The van der Waals surface area contributed by atoms with Crippen LogP contribution in [0.3, 0.4) is 0 Å². The zero-order chi connectivity index (χ0) is 15.8. The second kappa shape index (κ2) is 5.28. The number of aryl methyl sites for hydroxylation is 1. The van der Waals surface area contributed by atoms with Crippen molar-refractivity contribution in [3.8, 4) is 0 Å². The average Bonchev–Trinajstić information content (AvgIpc) is 3.10. The average molecular weight is 305 g/mol. The molecular formula is C18H15N3O2. The van der Waals surface area contributed by atoms with Gasteiger partial charge in [-0.2, -0.15) is 0 Å². The van der Waals surface area contributed by atoms with Gasteiger partial charge in [0, 0.05) is 29.7 Å². The number of rotatable bonds is 3. The predicted octanol–water partition coefficient (Wildman–Crippen LogP) is 3.80. The number of nitrogens with zero attached hydrogens (tertiary/aromatic N) is 1. The summed E-state index contributed by atoms with van der Waals surface area (Å²) in [5.74, 6) is 0.552. The van der Waals surface area contributed by atoms with Crippen LogP contribution in [0, 0.1) is 6.92 Å². The summed E-state index contributed by atoms with van der Waals surface area (Å²) in [4.78, 5) is 19.8. The number of benzene rings is 2. The standard InChI is InChI=1S/C18H15N3O2/c1-11-20-16-9-13(6-7-17(16)23-11)21-18(22)8-12-10-19-15-5-3-2-4-14(12)15/h2-7,9-10,19H,8H2,1H3,(H,21,22). The van der Waals surface area contributed by atoms with Crippen LogP contribution in [0.4, 0.5) is 5.69 Å². The van der Waals surface area contributed by atoms with E-state index in [-0.39, 0.29) is 5.91 Å². The smallest absolute Gasteiger partial charge is 0.228 e. The third kappa shape index (κ3) is 2.57. The third-order valence-corrected chi connectivity index (χ3v) is 3.80. The van der Waals surface area contributed by atoms with Crippen LogP contribution < -0.4 is 5.32 Å². The van der Waals surface area contributed by atoms with Gasteiger partial charge in [0.15, 0.2) is 11.5 Å². The van der Waals surface area contributed by atoms with Crippen LogP contribution in [0.25, 0.3) is 22.0 Å². The van der Waals surface area contributed by atoms with Crippen molar-refractivity contribution in [1.82, 2.24) is 9.97 Å². The molecule has 2 aromatic heterocycles. The second-order valence-corrected chi connectivity index (χ2v) is 5.50. The highest BCUT2D eigenvalue weighted by atomic mass is 16.3. The molecule has 1 amide bonds. The molecule has 0 fully saturated rings. The highest BCUT2D eigenvalue weighted by Gasteiger charge is 2.10. The minimum absolute atomic E-state index is 0.0608. The Balaban J connectivity index is 1.54. The number of hydrogen-bond acceptors (Lipinski definition) is 3. The van der Waals surface area contributed by atoms with Crippen molar-refractivity contribution in [2.75, 3.05) is 5.32 Å². The van der Waals surface area contributed by atoms with Crippen molar-refractivity contribution in [3.63, 3.8) is 0 Å². The van der Waals surface area contributed by atoms with E-state index in [4.69, 9.17) is 4.42 Å². The molecule has 5 nitrogen and oxygen atoms in total. The number of carbonyl (C=O) groups excluding carboxylic acids is 1. The Hall–Kier alpha value is -3.08. The van der Waals surface area contributed by atoms with Gasteiger partial charge in [-0.15, -0.1) is 0 Å². The molecule has 0 saturated heterocycles. The Kier molecular flexibility index (Phi) is 3.12. The Morgan fingerprint density at radius 3 is 3.04 bits per heavy atom. The van der Waals surface area contributed by atoms with Crippen LogP contribution in [0.2, 0.25) is 0 Å². The van der Waals surface area contributed by atoms with Gasteiger partial charge in [0.25, 0.3) is 0 Å². The molecule has 0 aliphatic rings. The Bertz CT molecular complexity index is 1010. The Morgan fingerprint density at radius 2 is 2.13 bits per heavy atom. The Labute approximate surface area is 132 Å². The maximum atomic E-state index is 12.3. The summed E-state index contributed by atoms with van der Waals surface area (Å²) < 4.78 is 5.43. The number of aromatic nitrogens is 2. The van der Waals surface area contributed by atoms with Crippen molar-refractivity contribution in [2.45, 2.75) is 13.3 Å². The minimum atomic E-state index is -0.0608. The quantitative estimate of drug-likeness (QED) is 0.605. The molecule has 0 unspecified atom stereocenters. The molecule has 2 aromatic carbocycles. The fraction of sp³-hybridized carbons (Fsp3) is 0.111. The lowest BCUT2D eigenvalue weighted by Gasteiger charge is -2.04. The van der Waals surface area contributed by atoms with E-state index in [2.05, 4.69) is 15.3 Å². The van der Waals surface area contributed by atoms with Crippen LogP contribution in [-0.4, -0.2) is 15.9 Å². The molecule has 23 heavy (non-hydrogen) atoms. The van der Waals surface area contributed by atoms with Gasteiger partial charge in [0.05, 0.1) is 6.42 Å². The number of H-pyrrole nitrogens is 1. The first kappa shape index (κ1) is 13.6. The zero-order valence-corrected chi connectivity index (χ0v) is 12.6. The van der Waals surface area contributed by atoms with Crippen molar-refractivity contribution in [1.29, 1.82) is 0 Å². The minimum Gasteiger partial charge on any atom is -0.441 e. The normalized spacial score (nSPS) is 11.2. The molecule has 0 aliphatic carbocycles. The number of aromatic amines is 1. The summed E-state index contributed by atoms with van der Waals surface area (Å²) in [5, 5.41) is 3.99. The van der Waals surface area contributed by atoms with Crippen LogP contribution >= 0.6 is 0 Å². The number of fused-ring (bicyclic) bond motifs is 2. The van der Waals surface area contributed by atoms with E-state index in [0.717, 1.165) is 33.3 Å². The van der Waals surface area contributed by atoms with E-state index in [9.17, 15) is 4.79 Å². The maximum absolute atomic E-state index is 12.3. The molecule has 0 radical (unpaired) electrons. The molecule has 4 aromatic rings. The third-order valence-electron chi connectivity index (χ3n) is 3.80. The van der Waals surface area contributed by atoms with Crippen molar-refractivity contribution in [3.05, 3.63) is 60.1 Å². The summed E-state index contributed by atoms with van der Waals surface area (Å²) in [5.41, 5.74) is 4.20. The molecule has 114 valence electrons. The molecule has 5 heteroatoms. The number of nitrogens with one attached hydrogen (secondary N) is 2. The van der Waals surface area contributed by atoms with E-state index < -0.39 is 0 Å². The van der Waals surface area contributed by atoms with Gasteiger partial charge in [-0.05, 0) is 29.8 Å². The highest BCUT2D eigenvalue weighted by molar-refractivity contribution is 5.96. The lowest BCUT2D eigenvalue weighted by molar-refractivity contribution is -0.115. The summed E-state index contributed by atoms with van der Waals surface area (Å²) in [6.07, 6.45) is 2.20. The number of amides is 1. The lowest BCUT2D eigenvalue weighted by atomic mass is 10.1. The molecule has 0 bridgehead atoms. The van der Waals surface area contributed by atoms with Crippen molar-refractivity contribution >= 4 is 33.6 Å². The van der Waals surface area contributed by atoms with E-state index in [1.165, 1.54) is 0 Å². The first-order chi connectivity index (χ1) is 11.2. The molecule has 0 aliphatic heterocycles. The van der Waals surface area contributed by atoms with E-state index in [1.54, 1.807) is 6.92 Å². The molecule has 0 spiro atoms. The van der Waals surface area contributed by atoms with E-state index >= 15 is 0 Å². The van der Waals surface area contributed by atoms with Gasteiger partial charge in [0.1, 0.15) is 5.52 Å². The summed E-state index contributed by atoms with van der Waals surface area (Å²) in [7, 11) is 0. The van der Waals surface area contributed by atoms with Crippen molar-refractivity contribution < 1.29 is 9.21 Å². The molecule has 0 saturated carbocycles. The van der Waals surface area contributed by atoms with Crippen LogP contribution in [0.5, 0.6) is 0 Å². The summed E-state index contributed by atoms with van der Waals surface area (Å²) in [6, 6.07) is 13.4. The van der Waals surface area contributed by atoms with E-state index in [0.29, 0.717) is 12.3 Å². The fourth-order valence-corrected chi connectivity index (χ4v) is 2.78. The number of carbonyl (C=O) groups is 1. The maximum Gasteiger partial charge on any atom is 0.228 e. The van der Waals surface area contributed by atoms with Gasteiger partial charge in [-0.3, -0.25) is 4.79 Å². The van der Waals surface area contributed by atoms with Crippen LogP contribution in [0.15, 0.2) is 53.1 Å². The highest BCUT2D eigenvalue weighted by Crippen LogP contribution is 2.21. The molecule has 2 heterocycles. The molecule has 2 N–H and O–H groups in total. The van der Waals surface area contributed by atoms with Gasteiger partial charge >= 0.3 is 0 Å². The monoisotopic (exact) mass is 305 g/mol. The topological polar surface area (TPSA) is 70.9 Å². The van der Waals surface area contributed by atoms with Crippen LogP contribution in [0.1, 0.15) is 11.5 Å². The number of hydrogen-bond donors (Lipinski definition) is 2. The predicted molar refractivity (Wildman–Crippen MR) is 89.4 cm³/mol. The molecule has 0 atom stereocenters. The Morgan fingerprint density at radius 1 is 1.26 bits per heavy atom.